The molecule has 0 spiro atoms. The molecule has 0 aromatic carbocycles. The van der Waals surface area contributed by atoms with E-state index in [0.717, 1.165) is 16.7 Å². The molecule has 148 valence electrons. The third-order valence-corrected chi connectivity index (χ3v) is 9.90. The van der Waals surface area contributed by atoms with Crippen molar-refractivity contribution in [1.29, 1.82) is 0 Å². The number of rotatable bonds is 6. The lowest BCUT2D eigenvalue weighted by molar-refractivity contribution is 0.122. The Hall–Kier alpha value is -2.51. The molecule has 0 radical (unpaired) electrons. The van der Waals surface area contributed by atoms with Crippen LogP contribution in [0.5, 0.6) is 0 Å². The van der Waals surface area contributed by atoms with Gasteiger partial charge in [-0.2, -0.15) is 0 Å². The summed E-state index contributed by atoms with van der Waals surface area (Å²) in [4.78, 5) is 13.7. The van der Waals surface area contributed by atoms with Gasteiger partial charge in [0, 0.05) is 18.8 Å². The summed E-state index contributed by atoms with van der Waals surface area (Å²) in [6, 6.07) is 7.62. The topological polar surface area (TPSA) is 78.9 Å². The van der Waals surface area contributed by atoms with Crippen molar-refractivity contribution in [1.82, 2.24) is 19.5 Å². The molecule has 7 heteroatoms. The minimum absolute atomic E-state index is 0.0731. The van der Waals surface area contributed by atoms with Crippen molar-refractivity contribution >= 4 is 25.3 Å². The van der Waals surface area contributed by atoms with Crippen molar-refractivity contribution in [3.05, 3.63) is 49.3 Å². The van der Waals surface area contributed by atoms with E-state index >= 15 is 0 Å². The molecule has 0 aliphatic carbocycles. The molecule has 28 heavy (non-hydrogen) atoms. The molecular formula is C21H29N5OSi. The second kappa shape index (κ2) is 7.48. The molecule has 0 bridgehead atoms. The van der Waals surface area contributed by atoms with Crippen LogP contribution in [0.15, 0.2) is 49.3 Å². The van der Waals surface area contributed by atoms with E-state index in [1.807, 2.05) is 34.9 Å². The Balaban J connectivity index is 2.22. The van der Waals surface area contributed by atoms with Gasteiger partial charge in [0.2, 0.25) is 0 Å². The first-order valence-corrected chi connectivity index (χ1v) is 12.4. The molecule has 3 aromatic heterocycles. The fourth-order valence-electron chi connectivity index (χ4n) is 2.86. The number of hydrogen-bond donors (Lipinski definition) is 1. The third-order valence-electron chi connectivity index (χ3n) is 5.42. The zero-order valence-electron chi connectivity index (χ0n) is 17.3. The van der Waals surface area contributed by atoms with Gasteiger partial charge in [0.25, 0.3) is 0 Å². The number of fused-ring (bicyclic) bond motifs is 1. The van der Waals surface area contributed by atoms with E-state index in [-0.39, 0.29) is 11.3 Å². The molecule has 3 aromatic rings. The summed E-state index contributed by atoms with van der Waals surface area (Å²) in [7, 11) is -2.06. The first kappa shape index (κ1) is 20.2. The van der Waals surface area contributed by atoms with Crippen molar-refractivity contribution in [2.75, 3.05) is 5.73 Å². The van der Waals surface area contributed by atoms with Crippen molar-refractivity contribution < 1.29 is 4.43 Å². The van der Waals surface area contributed by atoms with Crippen LogP contribution in [0.2, 0.25) is 18.1 Å². The highest BCUT2D eigenvalue weighted by molar-refractivity contribution is 6.74. The number of nitrogen functional groups attached to an aromatic ring is 1. The van der Waals surface area contributed by atoms with E-state index in [1.165, 1.54) is 0 Å². The highest BCUT2D eigenvalue weighted by Crippen LogP contribution is 2.41. The Morgan fingerprint density at radius 2 is 1.89 bits per heavy atom. The average Bonchev–Trinajstić information content (AvgIpc) is 2.99. The summed E-state index contributed by atoms with van der Waals surface area (Å²) in [6.07, 6.45) is 5.70. The largest absolute Gasteiger partial charge is 0.396 e. The zero-order chi connectivity index (χ0) is 20.5. The minimum Gasteiger partial charge on any atom is -0.396 e. The second-order valence-corrected chi connectivity index (χ2v) is 13.2. The predicted molar refractivity (Wildman–Crippen MR) is 117 cm³/mol. The molecule has 1 unspecified atom stereocenters. The normalized spacial score (nSPS) is 13.6. The highest BCUT2D eigenvalue weighted by Gasteiger charge is 2.40. The number of nitrogens with zero attached hydrogens (tertiary/aromatic N) is 4. The van der Waals surface area contributed by atoms with Crippen molar-refractivity contribution in [2.45, 2.75) is 51.6 Å². The monoisotopic (exact) mass is 395 g/mol. The van der Waals surface area contributed by atoms with E-state index < -0.39 is 8.32 Å². The Morgan fingerprint density at radius 1 is 1.21 bits per heavy atom. The van der Waals surface area contributed by atoms with Crippen LogP contribution in [0.25, 0.3) is 22.6 Å². The zero-order valence-corrected chi connectivity index (χ0v) is 18.3. The maximum Gasteiger partial charge on any atom is 0.194 e. The van der Waals surface area contributed by atoms with Crippen LogP contribution >= 0.6 is 0 Å². The Morgan fingerprint density at radius 3 is 2.54 bits per heavy atom. The lowest BCUT2D eigenvalue weighted by Gasteiger charge is -2.39. The number of hydrogen-bond acceptors (Lipinski definition) is 5. The lowest BCUT2D eigenvalue weighted by Crippen LogP contribution is -2.42. The van der Waals surface area contributed by atoms with E-state index in [1.54, 1.807) is 12.4 Å². The van der Waals surface area contributed by atoms with E-state index in [2.05, 4.69) is 50.4 Å². The first-order chi connectivity index (χ1) is 13.2. The number of nitrogens with two attached hydrogens (primary N) is 1. The Kier molecular flexibility index (Phi) is 5.41. The van der Waals surface area contributed by atoms with Gasteiger partial charge in [-0.05, 0) is 42.4 Å². The number of pyridine rings is 2. The molecule has 2 N–H and O–H groups in total. The highest BCUT2D eigenvalue weighted by atomic mass is 28.4. The summed E-state index contributed by atoms with van der Waals surface area (Å²) in [6.45, 7) is 15.1. The van der Waals surface area contributed by atoms with Gasteiger partial charge in [-0.1, -0.05) is 26.8 Å². The summed E-state index contributed by atoms with van der Waals surface area (Å²) >= 11 is 0. The van der Waals surface area contributed by atoms with Crippen LogP contribution in [-0.4, -0.2) is 27.8 Å². The number of aromatic nitrogens is 4. The maximum atomic E-state index is 6.79. The van der Waals surface area contributed by atoms with Gasteiger partial charge in [-0.3, -0.25) is 4.57 Å². The quantitative estimate of drug-likeness (QED) is 0.460. The van der Waals surface area contributed by atoms with Crippen LogP contribution < -0.4 is 5.73 Å². The summed E-state index contributed by atoms with van der Waals surface area (Å²) in [5.74, 6) is 1.15. The SMILES string of the molecule is C=CCC(O[Si](C)(C)C(C)(C)C)n1c(-c2cccnc2N)nc2cccnc21. The van der Waals surface area contributed by atoms with Gasteiger partial charge >= 0.3 is 0 Å². The average molecular weight is 396 g/mol. The lowest BCUT2D eigenvalue weighted by atomic mass is 10.2. The molecule has 0 aliphatic heterocycles. The van der Waals surface area contributed by atoms with Crippen molar-refractivity contribution in [3.8, 4) is 11.4 Å². The number of anilines is 1. The predicted octanol–water partition coefficient (Wildman–Crippen LogP) is 5.17. The van der Waals surface area contributed by atoms with Crippen molar-refractivity contribution in [2.24, 2.45) is 0 Å². The smallest absolute Gasteiger partial charge is 0.194 e. The van der Waals surface area contributed by atoms with E-state index in [9.17, 15) is 0 Å². The van der Waals surface area contributed by atoms with E-state index in [0.29, 0.717) is 18.1 Å². The fraction of sp³-hybridized carbons (Fsp3) is 0.381. The molecule has 0 saturated carbocycles. The molecule has 1 atom stereocenters. The summed E-state index contributed by atoms with van der Waals surface area (Å²) in [5, 5.41) is 0.0731. The maximum absolute atomic E-state index is 6.79. The molecule has 0 aliphatic rings. The van der Waals surface area contributed by atoms with Gasteiger partial charge in [-0.25, -0.2) is 15.0 Å². The fourth-order valence-corrected chi connectivity index (χ4v) is 4.10. The van der Waals surface area contributed by atoms with Crippen LogP contribution in [0.1, 0.15) is 33.4 Å². The van der Waals surface area contributed by atoms with Gasteiger partial charge < -0.3 is 10.2 Å². The number of imidazole rings is 1. The molecule has 0 saturated heterocycles. The van der Waals surface area contributed by atoms with Gasteiger partial charge in [0.05, 0.1) is 5.56 Å². The minimum atomic E-state index is -2.06. The van der Waals surface area contributed by atoms with Crippen LogP contribution in [0, 0.1) is 0 Å². The summed E-state index contributed by atoms with van der Waals surface area (Å²) < 4.78 is 8.83. The van der Waals surface area contributed by atoms with Crippen molar-refractivity contribution in [3.63, 3.8) is 0 Å². The van der Waals surface area contributed by atoms with Gasteiger partial charge in [0.15, 0.2) is 14.0 Å². The van der Waals surface area contributed by atoms with Crippen LogP contribution in [-0.2, 0) is 4.43 Å². The molecule has 0 amide bonds. The first-order valence-electron chi connectivity index (χ1n) is 9.48. The molecular weight excluding hydrogens is 366 g/mol. The second-order valence-electron chi connectivity index (χ2n) is 8.44. The standard InChI is InChI=1S/C21H29N5OSi/c1-7-10-17(27-28(5,6)21(2,3)4)26-19(15-11-8-13-23-18(15)22)25-16-12-9-14-24-20(16)26/h7-9,11-14,17H,1,10H2,2-6H3,(H2,22,23). The molecule has 3 heterocycles. The van der Waals surface area contributed by atoms with Crippen LogP contribution in [0.4, 0.5) is 5.82 Å². The molecule has 6 nitrogen and oxygen atoms in total. The van der Waals surface area contributed by atoms with E-state index in [4.69, 9.17) is 15.1 Å². The summed E-state index contributed by atoms with van der Waals surface area (Å²) in [5.41, 5.74) is 8.52. The Bertz CT molecular complexity index is 990. The molecule has 3 rings (SSSR count). The third kappa shape index (κ3) is 3.72. The van der Waals surface area contributed by atoms with Gasteiger partial charge in [-0.15, -0.1) is 6.58 Å². The Labute approximate surface area is 167 Å². The molecule has 0 fully saturated rings. The van der Waals surface area contributed by atoms with Crippen LogP contribution in [0.3, 0.4) is 0 Å². The van der Waals surface area contributed by atoms with Gasteiger partial charge in [0.1, 0.15) is 23.4 Å².